The number of aliphatic imine (C=N–C) groups is 1. The number of aromatic amines is 1. The summed E-state index contributed by atoms with van der Waals surface area (Å²) in [7, 11) is 0. The number of nitrogens with zero attached hydrogens (tertiary/aromatic N) is 3. The van der Waals surface area contributed by atoms with Crippen LogP contribution in [0.1, 0.15) is 27.3 Å². The van der Waals surface area contributed by atoms with Crippen LogP contribution < -0.4 is 5.56 Å². The zero-order valence-electron chi connectivity index (χ0n) is 13.6. The van der Waals surface area contributed by atoms with Crippen molar-refractivity contribution in [3.63, 3.8) is 0 Å². The molecular formula is C18H16N4OS. The van der Waals surface area contributed by atoms with Gasteiger partial charge >= 0.3 is 0 Å². The molecule has 3 rings (SSSR count). The van der Waals surface area contributed by atoms with Gasteiger partial charge in [0, 0.05) is 16.8 Å². The van der Waals surface area contributed by atoms with Crippen molar-refractivity contribution < 1.29 is 0 Å². The third-order valence-corrected chi connectivity index (χ3v) is 5.04. The fourth-order valence-electron chi connectivity index (χ4n) is 2.43. The lowest BCUT2D eigenvalue weighted by molar-refractivity contribution is 0.835. The Hall–Kier alpha value is -2.91. The number of aromatic nitrogens is 2. The summed E-state index contributed by atoms with van der Waals surface area (Å²) in [6.07, 6.45) is 1.54. The minimum Gasteiger partial charge on any atom is -0.295 e. The number of para-hydroxylation sites is 1. The molecule has 2 aromatic heterocycles. The Morgan fingerprint density at radius 3 is 2.62 bits per heavy atom. The summed E-state index contributed by atoms with van der Waals surface area (Å²) >= 11 is 1.46. The highest BCUT2D eigenvalue weighted by Gasteiger charge is 2.13. The topological polar surface area (TPSA) is 73.9 Å². The number of hydrogen-bond donors (Lipinski definition) is 1. The van der Waals surface area contributed by atoms with Gasteiger partial charge in [0.1, 0.15) is 11.1 Å². The molecule has 6 heteroatoms. The Labute approximate surface area is 143 Å². The van der Waals surface area contributed by atoms with Gasteiger partial charge in [0.05, 0.1) is 16.8 Å². The standard InChI is InChI=1S/C18H16N4OS/c1-11-13(3)24-17(15(11)9-19)20-10-16-12(2)21-22(18(16)23)14-7-5-4-6-8-14/h4-8,10,21H,1-3H3/b20-10+. The van der Waals surface area contributed by atoms with Gasteiger partial charge in [0.15, 0.2) is 0 Å². The highest BCUT2D eigenvalue weighted by atomic mass is 32.1. The molecule has 120 valence electrons. The first kappa shape index (κ1) is 16.0. The molecule has 5 nitrogen and oxygen atoms in total. The van der Waals surface area contributed by atoms with E-state index in [0.717, 1.165) is 21.8 Å². The number of hydrogen-bond acceptors (Lipinski definition) is 4. The lowest BCUT2D eigenvalue weighted by atomic mass is 10.2. The number of thiophene rings is 1. The molecule has 24 heavy (non-hydrogen) atoms. The number of nitrogens with one attached hydrogen (secondary N) is 1. The minimum absolute atomic E-state index is 0.161. The Morgan fingerprint density at radius 2 is 1.96 bits per heavy atom. The normalized spacial score (nSPS) is 11.1. The number of nitriles is 1. The average Bonchev–Trinajstić information content (AvgIpc) is 3.02. The first-order valence-corrected chi connectivity index (χ1v) is 8.25. The van der Waals surface area contributed by atoms with Crippen LogP contribution in [0.5, 0.6) is 0 Å². The molecule has 0 saturated carbocycles. The highest BCUT2D eigenvalue weighted by molar-refractivity contribution is 7.16. The Kier molecular flexibility index (Phi) is 4.19. The summed E-state index contributed by atoms with van der Waals surface area (Å²) in [6.45, 7) is 5.70. The van der Waals surface area contributed by atoms with Gasteiger partial charge in [-0.25, -0.2) is 9.67 Å². The first-order chi connectivity index (χ1) is 11.5. The zero-order valence-corrected chi connectivity index (χ0v) is 14.4. The van der Waals surface area contributed by atoms with E-state index in [1.807, 2.05) is 51.1 Å². The van der Waals surface area contributed by atoms with Crippen LogP contribution in [-0.2, 0) is 0 Å². The van der Waals surface area contributed by atoms with Crippen molar-refractivity contribution in [2.24, 2.45) is 4.99 Å². The van der Waals surface area contributed by atoms with Crippen LogP contribution in [0, 0.1) is 32.1 Å². The number of benzene rings is 1. The van der Waals surface area contributed by atoms with Gasteiger partial charge < -0.3 is 0 Å². The van der Waals surface area contributed by atoms with Crippen molar-refractivity contribution in [3.8, 4) is 11.8 Å². The third-order valence-electron chi connectivity index (χ3n) is 3.92. The van der Waals surface area contributed by atoms with E-state index in [2.05, 4.69) is 16.2 Å². The minimum atomic E-state index is -0.161. The van der Waals surface area contributed by atoms with Gasteiger partial charge in [0.25, 0.3) is 5.56 Å². The quantitative estimate of drug-likeness (QED) is 0.739. The van der Waals surface area contributed by atoms with Crippen LogP contribution in [0.4, 0.5) is 5.00 Å². The molecule has 2 heterocycles. The largest absolute Gasteiger partial charge is 0.295 e. The van der Waals surface area contributed by atoms with E-state index >= 15 is 0 Å². The van der Waals surface area contributed by atoms with E-state index in [1.54, 1.807) is 6.21 Å². The molecule has 0 aliphatic rings. The van der Waals surface area contributed by atoms with E-state index in [9.17, 15) is 10.1 Å². The van der Waals surface area contributed by atoms with Crippen LogP contribution in [0.25, 0.3) is 5.69 Å². The van der Waals surface area contributed by atoms with E-state index < -0.39 is 0 Å². The number of aryl methyl sites for hydroxylation is 2. The lowest BCUT2D eigenvalue weighted by Crippen LogP contribution is -2.17. The van der Waals surface area contributed by atoms with Crippen molar-refractivity contribution in [1.82, 2.24) is 9.78 Å². The van der Waals surface area contributed by atoms with Crippen molar-refractivity contribution in [3.05, 3.63) is 67.9 Å². The van der Waals surface area contributed by atoms with Gasteiger partial charge in [-0.05, 0) is 38.5 Å². The molecule has 0 atom stereocenters. The molecule has 0 aliphatic heterocycles. The van der Waals surface area contributed by atoms with Crippen molar-refractivity contribution in [2.45, 2.75) is 20.8 Å². The Bertz CT molecular complexity index is 1020. The molecule has 3 aromatic rings. The molecule has 0 bridgehead atoms. The number of H-pyrrole nitrogens is 1. The average molecular weight is 336 g/mol. The van der Waals surface area contributed by atoms with Crippen LogP contribution >= 0.6 is 11.3 Å². The number of rotatable bonds is 3. The predicted octanol–water partition coefficient (Wildman–Crippen LogP) is 3.77. The first-order valence-electron chi connectivity index (χ1n) is 7.44. The highest BCUT2D eigenvalue weighted by Crippen LogP contribution is 2.33. The Balaban J connectivity index is 2.04. The van der Waals surface area contributed by atoms with Crippen LogP contribution in [-0.4, -0.2) is 16.0 Å². The molecule has 0 spiro atoms. The summed E-state index contributed by atoms with van der Waals surface area (Å²) in [5, 5.41) is 13.0. The van der Waals surface area contributed by atoms with Gasteiger partial charge in [-0.15, -0.1) is 11.3 Å². The molecule has 1 aromatic carbocycles. The Morgan fingerprint density at radius 1 is 1.25 bits per heavy atom. The van der Waals surface area contributed by atoms with E-state index in [0.29, 0.717) is 16.1 Å². The molecule has 0 aliphatic carbocycles. The van der Waals surface area contributed by atoms with Crippen molar-refractivity contribution in [1.29, 1.82) is 5.26 Å². The van der Waals surface area contributed by atoms with E-state index in [1.165, 1.54) is 16.0 Å². The fraction of sp³-hybridized carbons (Fsp3) is 0.167. The monoisotopic (exact) mass is 336 g/mol. The summed E-state index contributed by atoms with van der Waals surface area (Å²) in [6, 6.07) is 11.6. The molecule has 0 unspecified atom stereocenters. The van der Waals surface area contributed by atoms with E-state index in [-0.39, 0.29) is 5.56 Å². The second-order valence-corrected chi connectivity index (χ2v) is 6.66. The maximum atomic E-state index is 12.6. The zero-order chi connectivity index (χ0) is 17.3. The lowest BCUT2D eigenvalue weighted by Gasteiger charge is -1.99. The van der Waals surface area contributed by atoms with Crippen LogP contribution in [0.3, 0.4) is 0 Å². The molecule has 0 amide bonds. The maximum Gasteiger partial charge on any atom is 0.280 e. The second kappa shape index (κ2) is 6.30. The van der Waals surface area contributed by atoms with Crippen LogP contribution in [0.15, 0.2) is 40.1 Å². The molecule has 0 radical (unpaired) electrons. The fourth-order valence-corrected chi connectivity index (χ4v) is 3.38. The molecular weight excluding hydrogens is 320 g/mol. The second-order valence-electron chi connectivity index (χ2n) is 5.46. The summed E-state index contributed by atoms with van der Waals surface area (Å²) in [4.78, 5) is 18.1. The molecule has 0 fully saturated rings. The van der Waals surface area contributed by atoms with E-state index in [4.69, 9.17) is 0 Å². The van der Waals surface area contributed by atoms with Gasteiger partial charge in [-0.2, -0.15) is 5.26 Å². The van der Waals surface area contributed by atoms with Gasteiger partial charge in [-0.3, -0.25) is 9.89 Å². The predicted molar refractivity (Wildman–Crippen MR) is 96.9 cm³/mol. The summed E-state index contributed by atoms with van der Waals surface area (Å²) < 4.78 is 1.49. The van der Waals surface area contributed by atoms with Crippen molar-refractivity contribution >= 4 is 22.6 Å². The summed E-state index contributed by atoms with van der Waals surface area (Å²) in [5.41, 5.74) is 3.35. The third kappa shape index (κ3) is 2.70. The molecule has 0 saturated heterocycles. The summed E-state index contributed by atoms with van der Waals surface area (Å²) in [5.74, 6) is 0. The van der Waals surface area contributed by atoms with Gasteiger partial charge in [-0.1, -0.05) is 18.2 Å². The maximum absolute atomic E-state index is 12.6. The van der Waals surface area contributed by atoms with Crippen molar-refractivity contribution in [2.75, 3.05) is 0 Å². The smallest absolute Gasteiger partial charge is 0.280 e. The van der Waals surface area contributed by atoms with Crippen LogP contribution in [0.2, 0.25) is 0 Å². The SMILES string of the molecule is Cc1[nH]n(-c2ccccc2)c(=O)c1/C=N/c1sc(C)c(C)c1C#N. The van der Waals surface area contributed by atoms with Gasteiger partial charge in [0.2, 0.25) is 0 Å². The molecule has 1 N–H and O–H groups in total.